The van der Waals surface area contributed by atoms with E-state index in [0.29, 0.717) is 19.3 Å². The maximum Gasteiger partial charge on any atom is 0.192 e. The van der Waals surface area contributed by atoms with Crippen LogP contribution in [0.15, 0.2) is 45.7 Å². The fourth-order valence-electron chi connectivity index (χ4n) is 5.41. The Hall–Kier alpha value is -1.08. The third-order valence-electron chi connectivity index (χ3n) is 7.34. The van der Waals surface area contributed by atoms with Crippen molar-refractivity contribution in [3.8, 4) is 0 Å². The third kappa shape index (κ3) is 6.37. The summed E-state index contributed by atoms with van der Waals surface area (Å²) in [5, 5.41) is 20.9. The molecule has 34 heavy (non-hydrogen) atoms. The zero-order valence-corrected chi connectivity index (χ0v) is 23.0. The Morgan fingerprint density at radius 2 is 1.76 bits per heavy atom. The van der Waals surface area contributed by atoms with Crippen LogP contribution in [0.4, 0.5) is 0 Å². The zero-order valence-electron chi connectivity index (χ0n) is 21.4. The van der Waals surface area contributed by atoms with Crippen LogP contribution >= 0.6 is 23.5 Å². The molecule has 1 aromatic carbocycles. The van der Waals surface area contributed by atoms with Crippen molar-refractivity contribution >= 4 is 34.4 Å². The van der Waals surface area contributed by atoms with Crippen LogP contribution < -0.4 is 0 Å². The number of thioether (sulfide) groups is 2. The van der Waals surface area contributed by atoms with Gasteiger partial charge in [-0.2, -0.15) is 0 Å². The number of benzene rings is 1. The van der Waals surface area contributed by atoms with Crippen molar-refractivity contribution in [2.24, 2.45) is 17.3 Å². The van der Waals surface area contributed by atoms with Crippen LogP contribution in [0.5, 0.6) is 0 Å². The number of rotatable bonds is 8. The van der Waals surface area contributed by atoms with E-state index in [1.807, 2.05) is 51.1 Å². The van der Waals surface area contributed by atoms with E-state index in [1.54, 1.807) is 25.6 Å². The van der Waals surface area contributed by atoms with Gasteiger partial charge in [0.15, 0.2) is 10.9 Å². The molecule has 3 rings (SSSR count). The smallest absolute Gasteiger partial charge is 0.192 e. The number of allylic oxidation sites excluding steroid dienone is 2. The van der Waals surface area contributed by atoms with Crippen LogP contribution in [0.25, 0.3) is 0 Å². The largest absolute Gasteiger partial charge is 0.390 e. The second-order valence-electron chi connectivity index (χ2n) is 11.6. The van der Waals surface area contributed by atoms with Crippen molar-refractivity contribution in [3.05, 3.63) is 40.8 Å². The first kappa shape index (κ1) is 27.5. The Bertz CT molecular complexity index is 926. The van der Waals surface area contributed by atoms with Crippen LogP contribution in [0, 0.1) is 17.3 Å². The van der Waals surface area contributed by atoms with E-state index in [4.69, 9.17) is 0 Å². The molecule has 0 saturated heterocycles. The highest BCUT2D eigenvalue weighted by Gasteiger charge is 2.52. The average Bonchev–Trinajstić information content (AvgIpc) is 3.06. The summed E-state index contributed by atoms with van der Waals surface area (Å²) in [5.41, 5.74) is -0.195. The van der Waals surface area contributed by atoms with Crippen molar-refractivity contribution in [1.29, 1.82) is 0 Å². The van der Waals surface area contributed by atoms with Crippen LogP contribution in [0.1, 0.15) is 80.1 Å². The molecule has 0 heterocycles. The first-order chi connectivity index (χ1) is 15.7. The first-order valence-electron chi connectivity index (χ1n) is 12.4. The number of carbonyl (C=O) groups is 2. The lowest BCUT2D eigenvalue weighted by Gasteiger charge is -2.41. The lowest BCUT2D eigenvalue weighted by atomic mass is 9.65. The summed E-state index contributed by atoms with van der Waals surface area (Å²) in [7, 11) is 0. The van der Waals surface area contributed by atoms with Crippen LogP contribution in [-0.4, -0.2) is 37.6 Å². The van der Waals surface area contributed by atoms with E-state index in [9.17, 15) is 19.8 Å². The number of hydrogen-bond acceptors (Lipinski definition) is 6. The zero-order chi connectivity index (χ0) is 25.3. The molecule has 6 heteroatoms. The van der Waals surface area contributed by atoms with E-state index < -0.39 is 11.7 Å². The van der Waals surface area contributed by atoms with Crippen LogP contribution in [0.2, 0.25) is 0 Å². The molecule has 0 aromatic heterocycles. The minimum Gasteiger partial charge on any atom is -0.390 e. The molecule has 2 aliphatic carbocycles. The fourth-order valence-corrected chi connectivity index (χ4v) is 7.65. The van der Waals surface area contributed by atoms with Gasteiger partial charge in [0.25, 0.3) is 0 Å². The van der Waals surface area contributed by atoms with E-state index in [2.05, 4.69) is 6.92 Å². The predicted octanol–water partition coefficient (Wildman–Crippen LogP) is 6.40. The summed E-state index contributed by atoms with van der Waals surface area (Å²) in [5.74, 6) is 0.115. The summed E-state index contributed by atoms with van der Waals surface area (Å²) >= 11 is 2.95. The summed E-state index contributed by atoms with van der Waals surface area (Å²) in [6.07, 6.45) is 3.01. The number of fused-ring (bicyclic) bond motifs is 1. The van der Waals surface area contributed by atoms with Gasteiger partial charge in [-0.05, 0) is 75.0 Å². The molecule has 0 aliphatic heterocycles. The molecule has 4 atom stereocenters. The van der Waals surface area contributed by atoms with Gasteiger partial charge < -0.3 is 10.2 Å². The number of hydrogen-bond donors (Lipinski definition) is 2. The minimum atomic E-state index is -1.20. The average molecular weight is 505 g/mol. The van der Waals surface area contributed by atoms with Crippen molar-refractivity contribution in [1.82, 2.24) is 0 Å². The van der Waals surface area contributed by atoms with E-state index in [0.717, 1.165) is 29.1 Å². The predicted molar refractivity (Wildman–Crippen MR) is 142 cm³/mol. The Morgan fingerprint density at radius 1 is 1.12 bits per heavy atom. The molecule has 188 valence electrons. The van der Waals surface area contributed by atoms with Gasteiger partial charge in [-0.1, -0.05) is 69.4 Å². The van der Waals surface area contributed by atoms with Crippen molar-refractivity contribution in [3.63, 3.8) is 0 Å². The van der Waals surface area contributed by atoms with Crippen LogP contribution in [0.3, 0.4) is 0 Å². The van der Waals surface area contributed by atoms with E-state index in [1.165, 1.54) is 17.3 Å². The topological polar surface area (TPSA) is 74.6 Å². The molecule has 1 aromatic rings. The summed E-state index contributed by atoms with van der Waals surface area (Å²) in [6, 6.07) is 10.0. The minimum absolute atomic E-state index is 0.123. The normalized spacial score (nSPS) is 25.3. The molecular weight excluding hydrogens is 464 g/mol. The third-order valence-corrected chi connectivity index (χ3v) is 9.64. The molecule has 2 N–H and O–H groups in total. The molecule has 4 nitrogen and oxygen atoms in total. The fraction of sp³-hybridized carbons (Fsp3) is 0.643. The molecule has 0 bridgehead atoms. The molecule has 2 aliphatic rings. The highest BCUT2D eigenvalue weighted by atomic mass is 32.2. The number of Topliss-reactive ketones (excluding diaryl/α,β-unsaturated/α-hetero) is 1. The van der Waals surface area contributed by atoms with Gasteiger partial charge in [-0.3, -0.25) is 9.59 Å². The van der Waals surface area contributed by atoms with E-state index in [-0.39, 0.29) is 32.9 Å². The van der Waals surface area contributed by atoms with Crippen molar-refractivity contribution < 1.29 is 19.8 Å². The Labute approximate surface area is 213 Å². The van der Waals surface area contributed by atoms with Crippen molar-refractivity contribution in [2.45, 2.75) is 101 Å². The quantitative estimate of drug-likeness (QED) is 0.427. The van der Waals surface area contributed by atoms with Gasteiger partial charge in [0.1, 0.15) is 0 Å². The maximum absolute atomic E-state index is 13.6. The van der Waals surface area contributed by atoms with Gasteiger partial charge in [-0.15, -0.1) is 0 Å². The van der Waals surface area contributed by atoms with Gasteiger partial charge >= 0.3 is 0 Å². The van der Waals surface area contributed by atoms with E-state index >= 15 is 0 Å². The Morgan fingerprint density at radius 3 is 2.35 bits per heavy atom. The first-order valence-corrected chi connectivity index (χ1v) is 14.0. The number of ketones is 1. The van der Waals surface area contributed by atoms with Gasteiger partial charge in [0.05, 0.1) is 16.6 Å². The molecular formula is C28H40O4S2. The summed E-state index contributed by atoms with van der Waals surface area (Å²) < 4.78 is -0.195. The van der Waals surface area contributed by atoms with Gasteiger partial charge in [0.2, 0.25) is 0 Å². The molecule has 0 amide bonds. The number of carbonyl (C=O) groups excluding carboxylic acids is 2. The lowest BCUT2D eigenvalue weighted by Crippen LogP contribution is -2.39. The standard InChI is InChI=1S/C28H40O4S2/c1-26(2,3)34-25(31)19(12-15-23(30)27(4,5)32)20-13-14-21-24(22(29)16-17-28(20,21)6)33-18-10-8-7-9-11-18/h7-11,19-20,23,30,32H,12-17H2,1-6H3/t19?,20?,23-,28?/m0/s1. The molecule has 1 fully saturated rings. The number of aliphatic hydroxyl groups is 2. The highest BCUT2D eigenvalue weighted by molar-refractivity contribution is 8.14. The molecule has 0 radical (unpaired) electrons. The van der Waals surface area contributed by atoms with Gasteiger partial charge in [-0.25, -0.2) is 0 Å². The summed E-state index contributed by atoms with van der Waals surface area (Å²) in [4.78, 5) is 28.5. The van der Waals surface area contributed by atoms with Gasteiger partial charge in [0, 0.05) is 22.0 Å². The second-order valence-corrected chi connectivity index (χ2v) is 14.5. The molecule has 0 spiro atoms. The second kappa shape index (κ2) is 10.5. The Balaban J connectivity index is 1.93. The van der Waals surface area contributed by atoms with Crippen molar-refractivity contribution in [2.75, 3.05) is 0 Å². The SMILES string of the molecule is CC(C)(C)SC(=O)C(CC[C@H](O)C(C)(C)O)C1CCC2=C(Sc3ccccc3)C(=O)CCC21C. The highest BCUT2D eigenvalue weighted by Crippen LogP contribution is 2.59. The monoisotopic (exact) mass is 504 g/mol. The summed E-state index contributed by atoms with van der Waals surface area (Å²) in [6.45, 7) is 11.6. The molecule has 1 saturated carbocycles. The molecule has 3 unspecified atom stereocenters. The lowest BCUT2D eigenvalue weighted by molar-refractivity contribution is -0.118. The Kier molecular flexibility index (Phi) is 8.49. The number of aliphatic hydroxyl groups excluding tert-OH is 1. The maximum atomic E-state index is 13.6. The van der Waals surface area contributed by atoms with Crippen LogP contribution in [-0.2, 0) is 9.59 Å².